The smallest absolute Gasteiger partial charge is 0.223 e. The maximum Gasteiger partial charge on any atom is 0.223 e. The average molecular weight is 350 g/mol. The Morgan fingerprint density at radius 2 is 2.05 bits per heavy atom. The molecular weight excluding hydrogens is 330 g/mol. The molecular formula is C16H20BrN3O. The molecule has 1 N–H and O–H groups in total. The third kappa shape index (κ3) is 3.73. The maximum atomic E-state index is 12.3. The summed E-state index contributed by atoms with van der Waals surface area (Å²) < 4.78 is 2.95. The van der Waals surface area contributed by atoms with Crippen LogP contribution >= 0.6 is 15.9 Å². The van der Waals surface area contributed by atoms with E-state index in [0.29, 0.717) is 0 Å². The van der Waals surface area contributed by atoms with Crippen molar-refractivity contribution < 1.29 is 4.79 Å². The fourth-order valence-electron chi connectivity index (χ4n) is 2.08. The molecule has 0 fully saturated rings. The summed E-state index contributed by atoms with van der Waals surface area (Å²) in [5.41, 5.74) is 1.02. The van der Waals surface area contributed by atoms with Crippen molar-refractivity contribution in [3.8, 4) is 0 Å². The van der Waals surface area contributed by atoms with Crippen molar-refractivity contribution in [1.29, 1.82) is 0 Å². The standard InChI is InChI=1S/C16H20BrN3O/c1-4-11(2)16(21)19-14(15-18-9-10-20(15)3)12-5-7-13(17)8-6-12/h5-11,14H,4H2,1-3H3,(H,19,21). The number of carbonyl (C=O) groups excluding carboxylic acids is 1. The molecule has 0 aliphatic rings. The van der Waals surface area contributed by atoms with Crippen LogP contribution in [-0.4, -0.2) is 15.5 Å². The van der Waals surface area contributed by atoms with E-state index in [1.54, 1.807) is 6.20 Å². The fourth-order valence-corrected chi connectivity index (χ4v) is 2.34. The second-order valence-corrected chi connectivity index (χ2v) is 6.11. The fraction of sp³-hybridized carbons (Fsp3) is 0.375. The van der Waals surface area contributed by atoms with Gasteiger partial charge in [-0.3, -0.25) is 4.79 Å². The van der Waals surface area contributed by atoms with Crippen molar-refractivity contribution >= 4 is 21.8 Å². The Hall–Kier alpha value is -1.62. The normalized spacial score (nSPS) is 13.7. The molecule has 1 aromatic carbocycles. The van der Waals surface area contributed by atoms with Crippen molar-refractivity contribution in [2.75, 3.05) is 0 Å². The van der Waals surface area contributed by atoms with Crippen molar-refractivity contribution in [1.82, 2.24) is 14.9 Å². The van der Waals surface area contributed by atoms with Crippen LogP contribution in [0.5, 0.6) is 0 Å². The van der Waals surface area contributed by atoms with Crippen LogP contribution in [-0.2, 0) is 11.8 Å². The summed E-state index contributed by atoms with van der Waals surface area (Å²) in [6, 6.07) is 7.71. The van der Waals surface area contributed by atoms with Gasteiger partial charge in [0, 0.05) is 29.8 Å². The first-order chi connectivity index (χ1) is 10.0. The van der Waals surface area contributed by atoms with E-state index in [0.717, 1.165) is 22.3 Å². The van der Waals surface area contributed by atoms with Crippen LogP contribution in [0.3, 0.4) is 0 Å². The molecule has 2 aromatic rings. The minimum absolute atomic E-state index is 0.0109. The first-order valence-electron chi connectivity index (χ1n) is 7.06. The monoisotopic (exact) mass is 349 g/mol. The molecule has 2 unspecified atom stereocenters. The highest BCUT2D eigenvalue weighted by Gasteiger charge is 2.22. The molecule has 0 saturated carbocycles. The van der Waals surface area contributed by atoms with Gasteiger partial charge in [-0.15, -0.1) is 0 Å². The molecule has 2 rings (SSSR count). The number of nitrogens with zero attached hydrogens (tertiary/aromatic N) is 2. The Kier molecular flexibility index (Phi) is 5.17. The number of aryl methyl sites for hydroxylation is 1. The van der Waals surface area contributed by atoms with E-state index in [2.05, 4.69) is 26.2 Å². The van der Waals surface area contributed by atoms with E-state index >= 15 is 0 Å². The van der Waals surface area contributed by atoms with E-state index in [1.165, 1.54) is 0 Å². The summed E-state index contributed by atoms with van der Waals surface area (Å²) in [5.74, 6) is 0.866. The number of imidazole rings is 1. The number of rotatable bonds is 5. The second kappa shape index (κ2) is 6.89. The van der Waals surface area contributed by atoms with Gasteiger partial charge >= 0.3 is 0 Å². The Morgan fingerprint density at radius 1 is 1.38 bits per heavy atom. The van der Waals surface area contributed by atoms with Gasteiger partial charge in [0.15, 0.2) is 0 Å². The van der Waals surface area contributed by atoms with E-state index in [4.69, 9.17) is 0 Å². The minimum atomic E-state index is -0.236. The van der Waals surface area contributed by atoms with Crippen LogP contribution in [0.2, 0.25) is 0 Å². The highest BCUT2D eigenvalue weighted by molar-refractivity contribution is 9.10. The van der Waals surface area contributed by atoms with Gasteiger partial charge in [-0.05, 0) is 24.1 Å². The number of halogens is 1. The van der Waals surface area contributed by atoms with E-state index < -0.39 is 0 Å². The number of amides is 1. The molecule has 2 atom stereocenters. The summed E-state index contributed by atoms with van der Waals surface area (Å²) >= 11 is 3.43. The zero-order valence-corrected chi connectivity index (χ0v) is 14.1. The Morgan fingerprint density at radius 3 is 2.57 bits per heavy atom. The first-order valence-corrected chi connectivity index (χ1v) is 7.85. The molecule has 5 heteroatoms. The molecule has 1 aromatic heterocycles. The number of aromatic nitrogens is 2. The lowest BCUT2D eigenvalue weighted by Gasteiger charge is -2.21. The summed E-state index contributed by atoms with van der Waals surface area (Å²) in [4.78, 5) is 16.7. The topological polar surface area (TPSA) is 46.9 Å². The van der Waals surface area contributed by atoms with Crippen molar-refractivity contribution in [3.63, 3.8) is 0 Å². The summed E-state index contributed by atoms with van der Waals surface area (Å²) in [5, 5.41) is 3.11. The maximum absolute atomic E-state index is 12.3. The molecule has 1 amide bonds. The van der Waals surface area contributed by atoms with Crippen LogP contribution < -0.4 is 5.32 Å². The minimum Gasteiger partial charge on any atom is -0.342 e. The molecule has 0 saturated heterocycles. The Labute approximate surface area is 133 Å². The first kappa shape index (κ1) is 15.8. The van der Waals surface area contributed by atoms with E-state index in [9.17, 15) is 4.79 Å². The van der Waals surface area contributed by atoms with Crippen molar-refractivity contribution in [2.45, 2.75) is 26.3 Å². The summed E-state index contributed by atoms with van der Waals surface area (Å²) in [6.07, 6.45) is 4.45. The largest absolute Gasteiger partial charge is 0.342 e. The van der Waals surface area contributed by atoms with Gasteiger partial charge in [-0.1, -0.05) is 41.9 Å². The van der Waals surface area contributed by atoms with E-state index in [-0.39, 0.29) is 17.9 Å². The molecule has 0 spiro atoms. The van der Waals surface area contributed by atoms with Gasteiger partial charge in [-0.2, -0.15) is 0 Å². The molecule has 0 bridgehead atoms. The highest BCUT2D eigenvalue weighted by atomic mass is 79.9. The molecule has 1 heterocycles. The molecule has 0 radical (unpaired) electrons. The third-order valence-corrected chi connectivity index (χ3v) is 4.20. The van der Waals surface area contributed by atoms with Crippen LogP contribution in [0.1, 0.15) is 37.7 Å². The lowest BCUT2D eigenvalue weighted by molar-refractivity contribution is -0.125. The Bertz CT molecular complexity index is 606. The number of hydrogen-bond acceptors (Lipinski definition) is 2. The summed E-state index contributed by atoms with van der Waals surface area (Å²) in [6.45, 7) is 3.95. The zero-order valence-electron chi connectivity index (χ0n) is 12.5. The summed E-state index contributed by atoms with van der Waals surface area (Å²) in [7, 11) is 1.93. The SMILES string of the molecule is CCC(C)C(=O)NC(c1ccc(Br)cc1)c1nccn1C. The van der Waals surface area contributed by atoms with Crippen molar-refractivity contribution in [2.24, 2.45) is 13.0 Å². The van der Waals surface area contributed by atoms with Gasteiger partial charge in [0.1, 0.15) is 11.9 Å². The predicted octanol–water partition coefficient (Wildman–Crippen LogP) is 3.43. The van der Waals surface area contributed by atoms with Crippen LogP contribution in [0.25, 0.3) is 0 Å². The molecule has 0 aliphatic carbocycles. The Balaban J connectivity index is 2.33. The predicted molar refractivity (Wildman–Crippen MR) is 86.8 cm³/mol. The van der Waals surface area contributed by atoms with Crippen LogP contribution in [0, 0.1) is 5.92 Å². The molecule has 21 heavy (non-hydrogen) atoms. The average Bonchev–Trinajstić information content (AvgIpc) is 2.90. The molecule has 112 valence electrons. The van der Waals surface area contributed by atoms with Crippen LogP contribution in [0.4, 0.5) is 0 Å². The number of nitrogens with one attached hydrogen (secondary N) is 1. The van der Waals surface area contributed by atoms with Gasteiger partial charge < -0.3 is 9.88 Å². The highest BCUT2D eigenvalue weighted by Crippen LogP contribution is 2.23. The zero-order chi connectivity index (χ0) is 15.4. The second-order valence-electron chi connectivity index (χ2n) is 5.20. The third-order valence-electron chi connectivity index (χ3n) is 3.67. The lowest BCUT2D eigenvalue weighted by Crippen LogP contribution is -2.34. The number of carbonyl (C=O) groups is 1. The number of hydrogen-bond donors (Lipinski definition) is 1. The van der Waals surface area contributed by atoms with Gasteiger partial charge in [-0.25, -0.2) is 4.98 Å². The van der Waals surface area contributed by atoms with E-state index in [1.807, 2.05) is 55.9 Å². The van der Waals surface area contributed by atoms with Gasteiger partial charge in [0.25, 0.3) is 0 Å². The van der Waals surface area contributed by atoms with Gasteiger partial charge in [0.05, 0.1) is 0 Å². The molecule has 4 nitrogen and oxygen atoms in total. The molecule has 0 aliphatic heterocycles. The van der Waals surface area contributed by atoms with Gasteiger partial charge in [0.2, 0.25) is 5.91 Å². The number of benzene rings is 1. The lowest BCUT2D eigenvalue weighted by atomic mass is 10.0. The van der Waals surface area contributed by atoms with Crippen molar-refractivity contribution in [3.05, 3.63) is 52.5 Å². The quantitative estimate of drug-likeness (QED) is 0.898. The van der Waals surface area contributed by atoms with Crippen LogP contribution in [0.15, 0.2) is 41.1 Å².